The monoisotopic (exact) mass is 264 g/mol. The van der Waals surface area contributed by atoms with Crippen molar-refractivity contribution in [1.29, 1.82) is 0 Å². The summed E-state index contributed by atoms with van der Waals surface area (Å²) in [7, 11) is 1.60. The van der Waals surface area contributed by atoms with Gasteiger partial charge in [-0.2, -0.15) is 0 Å². The van der Waals surface area contributed by atoms with Crippen LogP contribution in [0, 0.1) is 6.92 Å². The van der Waals surface area contributed by atoms with Crippen LogP contribution in [0.3, 0.4) is 0 Å². The van der Waals surface area contributed by atoms with Gasteiger partial charge in [-0.05, 0) is 30.7 Å². The van der Waals surface area contributed by atoms with Gasteiger partial charge in [0.15, 0.2) is 5.69 Å². The highest BCUT2D eigenvalue weighted by atomic mass is 32.1. The number of nitrogens with zero attached hydrogens (tertiary/aromatic N) is 1. The SMILES string of the molecule is COc1ccc(Nc2scnc2C(=O)O)c(C)c1. The van der Waals surface area contributed by atoms with E-state index in [9.17, 15) is 4.79 Å². The Bertz CT molecular complexity index is 580. The van der Waals surface area contributed by atoms with Gasteiger partial charge in [-0.15, -0.1) is 11.3 Å². The van der Waals surface area contributed by atoms with Gasteiger partial charge in [-0.1, -0.05) is 0 Å². The molecule has 0 saturated carbocycles. The smallest absolute Gasteiger partial charge is 0.357 e. The Morgan fingerprint density at radius 2 is 2.28 bits per heavy atom. The maximum Gasteiger partial charge on any atom is 0.357 e. The fraction of sp³-hybridized carbons (Fsp3) is 0.167. The minimum Gasteiger partial charge on any atom is -0.497 e. The lowest BCUT2D eigenvalue weighted by molar-refractivity contribution is 0.0692. The van der Waals surface area contributed by atoms with E-state index in [-0.39, 0.29) is 5.69 Å². The second kappa shape index (κ2) is 5.05. The summed E-state index contributed by atoms with van der Waals surface area (Å²) < 4.78 is 5.12. The molecule has 1 heterocycles. The number of carboxylic acids is 1. The van der Waals surface area contributed by atoms with Crippen LogP contribution in [0.1, 0.15) is 16.1 Å². The van der Waals surface area contributed by atoms with Crippen LogP contribution in [-0.2, 0) is 0 Å². The van der Waals surface area contributed by atoms with Crippen molar-refractivity contribution in [2.45, 2.75) is 6.92 Å². The van der Waals surface area contributed by atoms with E-state index in [1.54, 1.807) is 7.11 Å². The largest absolute Gasteiger partial charge is 0.497 e. The molecule has 0 bridgehead atoms. The number of ether oxygens (including phenoxy) is 1. The topological polar surface area (TPSA) is 71.5 Å². The summed E-state index contributed by atoms with van der Waals surface area (Å²) in [6.07, 6.45) is 0. The van der Waals surface area contributed by atoms with E-state index in [0.717, 1.165) is 17.0 Å². The summed E-state index contributed by atoms with van der Waals surface area (Å²) >= 11 is 1.26. The molecular formula is C12H12N2O3S. The first-order valence-corrected chi connectivity index (χ1v) is 6.08. The molecule has 6 heteroatoms. The maximum atomic E-state index is 10.9. The number of anilines is 2. The van der Waals surface area contributed by atoms with Gasteiger partial charge in [0.05, 0.1) is 12.6 Å². The van der Waals surface area contributed by atoms with Crippen molar-refractivity contribution in [3.63, 3.8) is 0 Å². The fourth-order valence-corrected chi connectivity index (χ4v) is 2.20. The van der Waals surface area contributed by atoms with E-state index < -0.39 is 5.97 Å². The summed E-state index contributed by atoms with van der Waals surface area (Å²) in [6, 6.07) is 5.54. The molecule has 0 aliphatic rings. The molecule has 0 amide bonds. The van der Waals surface area contributed by atoms with Crippen LogP contribution in [0.25, 0.3) is 0 Å². The van der Waals surface area contributed by atoms with Crippen LogP contribution in [0.2, 0.25) is 0 Å². The van der Waals surface area contributed by atoms with E-state index in [2.05, 4.69) is 10.3 Å². The normalized spacial score (nSPS) is 10.1. The molecule has 2 rings (SSSR count). The number of thiazole rings is 1. The highest BCUT2D eigenvalue weighted by molar-refractivity contribution is 7.14. The number of aromatic nitrogens is 1. The van der Waals surface area contributed by atoms with Gasteiger partial charge in [0.1, 0.15) is 10.8 Å². The Balaban J connectivity index is 2.28. The summed E-state index contributed by atoms with van der Waals surface area (Å²) in [5.74, 6) is -0.272. The molecule has 0 unspecified atom stereocenters. The summed E-state index contributed by atoms with van der Waals surface area (Å²) in [4.78, 5) is 14.7. The van der Waals surface area contributed by atoms with E-state index in [0.29, 0.717) is 5.00 Å². The minimum absolute atomic E-state index is 0.0372. The molecule has 2 N–H and O–H groups in total. The molecule has 2 aromatic rings. The van der Waals surface area contributed by atoms with Crippen LogP contribution in [0.5, 0.6) is 5.75 Å². The third-order valence-electron chi connectivity index (χ3n) is 2.45. The molecule has 1 aromatic carbocycles. The van der Waals surface area contributed by atoms with Crippen molar-refractivity contribution in [1.82, 2.24) is 4.98 Å². The quantitative estimate of drug-likeness (QED) is 0.888. The van der Waals surface area contributed by atoms with Crippen LogP contribution in [0.4, 0.5) is 10.7 Å². The molecular weight excluding hydrogens is 252 g/mol. The first-order valence-electron chi connectivity index (χ1n) is 5.20. The fourth-order valence-electron chi connectivity index (χ4n) is 1.51. The molecule has 0 radical (unpaired) electrons. The van der Waals surface area contributed by atoms with Crippen molar-refractivity contribution in [3.05, 3.63) is 35.0 Å². The standard InChI is InChI=1S/C12H12N2O3S/c1-7-5-8(17-2)3-4-9(7)14-11-10(12(15)16)13-6-18-11/h3-6,14H,1-2H3,(H,15,16). The van der Waals surface area contributed by atoms with Gasteiger partial charge in [-0.3, -0.25) is 0 Å². The first-order chi connectivity index (χ1) is 8.61. The summed E-state index contributed by atoms with van der Waals surface area (Å²) in [6.45, 7) is 1.92. The predicted octanol–water partition coefficient (Wildman–Crippen LogP) is 2.90. The number of aryl methyl sites for hydroxylation is 1. The molecule has 0 aliphatic heterocycles. The van der Waals surface area contributed by atoms with E-state index in [1.807, 2.05) is 25.1 Å². The van der Waals surface area contributed by atoms with Crippen LogP contribution in [-0.4, -0.2) is 23.2 Å². The number of methoxy groups -OCH3 is 1. The molecule has 0 spiro atoms. The zero-order valence-corrected chi connectivity index (χ0v) is 10.7. The van der Waals surface area contributed by atoms with E-state index in [1.165, 1.54) is 16.8 Å². The van der Waals surface area contributed by atoms with Gasteiger partial charge >= 0.3 is 5.97 Å². The number of hydrogen-bond donors (Lipinski definition) is 2. The number of carboxylic acid groups (broad SMARTS) is 1. The lowest BCUT2D eigenvalue weighted by atomic mass is 10.2. The van der Waals surface area contributed by atoms with Crippen LogP contribution < -0.4 is 10.1 Å². The average molecular weight is 264 g/mol. The van der Waals surface area contributed by atoms with Crippen molar-refractivity contribution < 1.29 is 14.6 Å². The van der Waals surface area contributed by atoms with Crippen LogP contribution >= 0.6 is 11.3 Å². The Kier molecular flexibility index (Phi) is 3.47. The highest BCUT2D eigenvalue weighted by Crippen LogP contribution is 2.28. The minimum atomic E-state index is -1.04. The predicted molar refractivity (Wildman–Crippen MR) is 70.1 cm³/mol. The Labute approximate surface area is 108 Å². The van der Waals surface area contributed by atoms with Gasteiger partial charge in [-0.25, -0.2) is 9.78 Å². The second-order valence-corrected chi connectivity index (χ2v) is 4.50. The lowest BCUT2D eigenvalue weighted by Gasteiger charge is -2.09. The molecule has 94 valence electrons. The van der Waals surface area contributed by atoms with E-state index in [4.69, 9.17) is 9.84 Å². The number of hydrogen-bond acceptors (Lipinski definition) is 5. The molecule has 1 aromatic heterocycles. The zero-order valence-electron chi connectivity index (χ0n) is 9.93. The van der Waals surface area contributed by atoms with Gasteiger partial charge in [0, 0.05) is 5.69 Å². The van der Waals surface area contributed by atoms with Gasteiger partial charge in [0.25, 0.3) is 0 Å². The lowest BCUT2D eigenvalue weighted by Crippen LogP contribution is -2.01. The Morgan fingerprint density at radius 3 is 2.89 bits per heavy atom. The molecule has 0 atom stereocenters. The van der Waals surface area contributed by atoms with Crippen molar-refractivity contribution in [3.8, 4) is 5.75 Å². The van der Waals surface area contributed by atoms with Crippen LogP contribution in [0.15, 0.2) is 23.7 Å². The van der Waals surface area contributed by atoms with Crippen molar-refractivity contribution >= 4 is 28.0 Å². The number of aromatic carboxylic acids is 1. The number of carbonyl (C=O) groups is 1. The maximum absolute atomic E-state index is 10.9. The number of benzene rings is 1. The summed E-state index contributed by atoms with van der Waals surface area (Å²) in [5.41, 5.74) is 3.35. The average Bonchev–Trinajstić information content (AvgIpc) is 2.80. The Hall–Kier alpha value is -2.08. The number of nitrogens with one attached hydrogen (secondary N) is 1. The molecule has 18 heavy (non-hydrogen) atoms. The molecule has 0 aliphatic carbocycles. The van der Waals surface area contributed by atoms with Gasteiger partial charge in [0.2, 0.25) is 0 Å². The third-order valence-corrected chi connectivity index (χ3v) is 3.19. The summed E-state index contributed by atoms with van der Waals surface area (Å²) in [5, 5.41) is 12.6. The molecule has 0 saturated heterocycles. The third kappa shape index (κ3) is 2.43. The second-order valence-electron chi connectivity index (χ2n) is 3.64. The first kappa shape index (κ1) is 12.4. The highest BCUT2D eigenvalue weighted by Gasteiger charge is 2.14. The van der Waals surface area contributed by atoms with Crippen molar-refractivity contribution in [2.75, 3.05) is 12.4 Å². The van der Waals surface area contributed by atoms with Crippen molar-refractivity contribution in [2.24, 2.45) is 0 Å². The van der Waals surface area contributed by atoms with E-state index >= 15 is 0 Å². The Morgan fingerprint density at radius 1 is 1.50 bits per heavy atom. The van der Waals surface area contributed by atoms with Gasteiger partial charge < -0.3 is 15.2 Å². The number of rotatable bonds is 4. The molecule has 5 nitrogen and oxygen atoms in total. The molecule has 0 fully saturated rings. The zero-order chi connectivity index (χ0) is 13.1.